The monoisotopic (exact) mass is 328 g/mol. The minimum atomic E-state index is 0.349. The maximum Gasteiger partial charge on any atom is 0.160 e. The maximum absolute atomic E-state index is 5.92. The van der Waals surface area contributed by atoms with Crippen LogP contribution in [0.15, 0.2) is 42.7 Å². The van der Waals surface area contributed by atoms with Crippen LogP contribution in [0.3, 0.4) is 0 Å². The molecule has 0 spiro atoms. The molecule has 2 atom stereocenters. The zero-order valence-electron chi connectivity index (χ0n) is 14.9. The summed E-state index contributed by atoms with van der Waals surface area (Å²) in [5.41, 5.74) is 8.42. The highest BCUT2D eigenvalue weighted by molar-refractivity contribution is 5.44. The Morgan fingerprint density at radius 3 is 2.33 bits per heavy atom. The van der Waals surface area contributed by atoms with Crippen LogP contribution in [0, 0.1) is 0 Å². The number of pyridine rings is 1. The van der Waals surface area contributed by atoms with Crippen LogP contribution in [0.1, 0.15) is 49.1 Å². The zero-order valence-corrected chi connectivity index (χ0v) is 14.9. The molecular formula is C20H28N2O2. The van der Waals surface area contributed by atoms with Crippen molar-refractivity contribution in [2.45, 2.75) is 38.0 Å². The molecule has 0 radical (unpaired) electrons. The number of methoxy groups -OCH3 is 2. The fourth-order valence-corrected chi connectivity index (χ4v) is 3.37. The molecule has 0 saturated carbocycles. The third kappa shape index (κ3) is 4.26. The first-order valence-electron chi connectivity index (χ1n) is 8.57. The number of aromatic nitrogens is 1. The van der Waals surface area contributed by atoms with Gasteiger partial charge in [0.05, 0.1) is 14.2 Å². The van der Waals surface area contributed by atoms with E-state index in [1.54, 1.807) is 14.2 Å². The molecule has 130 valence electrons. The van der Waals surface area contributed by atoms with Crippen LogP contribution in [0.5, 0.6) is 11.5 Å². The quantitative estimate of drug-likeness (QED) is 0.752. The lowest BCUT2D eigenvalue weighted by Gasteiger charge is -2.28. The lowest BCUT2D eigenvalue weighted by molar-refractivity contribution is 0.353. The van der Waals surface area contributed by atoms with Crippen LogP contribution < -0.4 is 15.2 Å². The molecule has 1 heterocycles. The minimum Gasteiger partial charge on any atom is -0.493 e. The van der Waals surface area contributed by atoms with Gasteiger partial charge in [0.25, 0.3) is 0 Å². The summed E-state index contributed by atoms with van der Waals surface area (Å²) >= 11 is 0. The van der Waals surface area contributed by atoms with Crippen molar-refractivity contribution in [3.05, 3.63) is 53.9 Å². The van der Waals surface area contributed by atoms with E-state index >= 15 is 0 Å². The van der Waals surface area contributed by atoms with Gasteiger partial charge in [-0.05, 0) is 60.5 Å². The fourth-order valence-electron chi connectivity index (χ4n) is 3.37. The Labute approximate surface area is 145 Å². The summed E-state index contributed by atoms with van der Waals surface area (Å²) < 4.78 is 10.9. The number of benzene rings is 1. The summed E-state index contributed by atoms with van der Waals surface area (Å²) in [4.78, 5) is 4.30. The van der Waals surface area contributed by atoms with Crippen molar-refractivity contribution < 1.29 is 9.47 Å². The van der Waals surface area contributed by atoms with Crippen molar-refractivity contribution in [2.24, 2.45) is 5.73 Å². The number of ether oxygens (including phenoxy) is 2. The van der Waals surface area contributed by atoms with E-state index in [2.05, 4.69) is 30.1 Å². The Kier molecular flexibility index (Phi) is 7.07. The van der Waals surface area contributed by atoms with E-state index in [-0.39, 0.29) is 0 Å². The van der Waals surface area contributed by atoms with E-state index in [9.17, 15) is 0 Å². The van der Waals surface area contributed by atoms with Gasteiger partial charge >= 0.3 is 0 Å². The van der Waals surface area contributed by atoms with Crippen molar-refractivity contribution in [3.63, 3.8) is 0 Å². The number of nitrogens with two attached hydrogens (primary N) is 1. The summed E-state index contributed by atoms with van der Waals surface area (Å²) in [5, 5.41) is 0. The zero-order chi connectivity index (χ0) is 17.4. The van der Waals surface area contributed by atoms with Gasteiger partial charge in [0.1, 0.15) is 0 Å². The third-order valence-corrected chi connectivity index (χ3v) is 4.51. The minimum absolute atomic E-state index is 0.349. The molecule has 4 heteroatoms. The van der Waals surface area contributed by atoms with Gasteiger partial charge < -0.3 is 15.2 Å². The molecule has 4 nitrogen and oxygen atoms in total. The van der Waals surface area contributed by atoms with Crippen LogP contribution in [-0.2, 0) is 0 Å². The Hall–Kier alpha value is -2.07. The van der Waals surface area contributed by atoms with Gasteiger partial charge in [-0.1, -0.05) is 25.5 Å². The topological polar surface area (TPSA) is 57.4 Å². The van der Waals surface area contributed by atoms with Crippen molar-refractivity contribution in [3.8, 4) is 11.5 Å². The van der Waals surface area contributed by atoms with Crippen molar-refractivity contribution in [1.29, 1.82) is 0 Å². The first-order chi connectivity index (χ1) is 11.7. The van der Waals surface area contributed by atoms with Gasteiger partial charge in [-0.2, -0.15) is 0 Å². The van der Waals surface area contributed by atoms with Crippen molar-refractivity contribution in [2.75, 3.05) is 20.8 Å². The summed E-state index contributed by atoms with van der Waals surface area (Å²) in [5.74, 6) is 2.26. The average Bonchev–Trinajstić information content (AvgIpc) is 2.64. The molecule has 2 unspecified atom stereocenters. The molecule has 24 heavy (non-hydrogen) atoms. The third-order valence-electron chi connectivity index (χ3n) is 4.51. The van der Waals surface area contributed by atoms with Gasteiger partial charge in [-0.15, -0.1) is 0 Å². The Morgan fingerprint density at radius 2 is 1.75 bits per heavy atom. The molecule has 0 saturated heterocycles. The predicted octanol–water partition coefficient (Wildman–Crippen LogP) is 4.12. The number of nitrogens with zero attached hydrogens (tertiary/aromatic N) is 1. The fraction of sp³-hybridized carbons (Fsp3) is 0.450. The average molecular weight is 328 g/mol. The first-order valence-corrected chi connectivity index (χ1v) is 8.57. The van der Waals surface area contributed by atoms with Crippen LogP contribution in [0.25, 0.3) is 0 Å². The van der Waals surface area contributed by atoms with E-state index in [0.717, 1.165) is 30.8 Å². The summed E-state index contributed by atoms with van der Waals surface area (Å²) in [7, 11) is 3.34. The SMILES string of the molecule is CCCC(c1ccc(OC)c(OC)c1)C(CCN)c1cccnc1. The first kappa shape index (κ1) is 18.3. The molecule has 2 aromatic rings. The molecule has 0 amide bonds. The number of hydrogen-bond donors (Lipinski definition) is 1. The molecule has 0 aliphatic heterocycles. The highest BCUT2D eigenvalue weighted by atomic mass is 16.5. The summed E-state index contributed by atoms with van der Waals surface area (Å²) in [6, 6.07) is 10.4. The van der Waals surface area contributed by atoms with Crippen LogP contribution >= 0.6 is 0 Å². The normalized spacial score (nSPS) is 13.3. The van der Waals surface area contributed by atoms with E-state index in [1.165, 1.54) is 11.1 Å². The van der Waals surface area contributed by atoms with E-state index in [4.69, 9.17) is 15.2 Å². The molecule has 1 aromatic carbocycles. The second-order valence-corrected chi connectivity index (χ2v) is 5.98. The lowest BCUT2D eigenvalue weighted by atomic mass is 9.77. The molecule has 0 bridgehead atoms. The Bertz CT molecular complexity index is 616. The Balaban J connectivity index is 2.42. The summed E-state index contributed by atoms with van der Waals surface area (Å²) in [6.07, 6.45) is 6.91. The van der Waals surface area contributed by atoms with Crippen LogP contribution in [0.4, 0.5) is 0 Å². The maximum atomic E-state index is 5.92. The molecule has 0 fully saturated rings. The van der Waals surface area contributed by atoms with E-state index in [1.807, 2.05) is 24.5 Å². The molecule has 0 aliphatic carbocycles. The molecule has 0 aliphatic rings. The second kappa shape index (κ2) is 9.28. The lowest BCUT2D eigenvalue weighted by Crippen LogP contribution is -2.16. The largest absolute Gasteiger partial charge is 0.493 e. The van der Waals surface area contributed by atoms with Gasteiger partial charge in [-0.3, -0.25) is 4.98 Å². The number of hydrogen-bond acceptors (Lipinski definition) is 4. The molecule has 2 rings (SSSR count). The molecule has 1 aromatic heterocycles. The van der Waals surface area contributed by atoms with Crippen LogP contribution in [0.2, 0.25) is 0 Å². The van der Waals surface area contributed by atoms with E-state index < -0.39 is 0 Å². The Morgan fingerprint density at radius 1 is 1.00 bits per heavy atom. The highest BCUT2D eigenvalue weighted by Gasteiger charge is 2.25. The number of rotatable bonds is 9. The van der Waals surface area contributed by atoms with Crippen LogP contribution in [-0.4, -0.2) is 25.7 Å². The van der Waals surface area contributed by atoms with Gasteiger partial charge in [-0.25, -0.2) is 0 Å². The van der Waals surface area contributed by atoms with E-state index in [0.29, 0.717) is 18.4 Å². The molecular weight excluding hydrogens is 300 g/mol. The standard InChI is InChI=1S/C20H28N2O2/c1-4-6-17(15-8-9-19(23-2)20(13-15)24-3)18(10-11-21)16-7-5-12-22-14-16/h5,7-9,12-14,17-18H,4,6,10-11,21H2,1-3H3. The smallest absolute Gasteiger partial charge is 0.160 e. The second-order valence-electron chi connectivity index (χ2n) is 5.98. The molecule has 2 N–H and O–H groups in total. The van der Waals surface area contributed by atoms with Crippen molar-refractivity contribution >= 4 is 0 Å². The van der Waals surface area contributed by atoms with Gasteiger partial charge in [0.2, 0.25) is 0 Å². The van der Waals surface area contributed by atoms with Crippen molar-refractivity contribution in [1.82, 2.24) is 4.98 Å². The van der Waals surface area contributed by atoms with Gasteiger partial charge in [0, 0.05) is 12.4 Å². The summed E-state index contributed by atoms with van der Waals surface area (Å²) in [6.45, 7) is 2.88. The predicted molar refractivity (Wildman–Crippen MR) is 97.8 cm³/mol. The van der Waals surface area contributed by atoms with Gasteiger partial charge in [0.15, 0.2) is 11.5 Å². The highest BCUT2D eigenvalue weighted by Crippen LogP contribution is 2.41.